The molecule has 0 unspecified atom stereocenters. The lowest BCUT2D eigenvalue weighted by Crippen LogP contribution is -2.45. The first-order valence-electron chi connectivity index (χ1n) is 13.3. The van der Waals surface area contributed by atoms with Crippen LogP contribution < -0.4 is 16.2 Å². The normalized spacial score (nSPS) is 13.6. The topological polar surface area (TPSA) is 114 Å². The van der Waals surface area contributed by atoms with Gasteiger partial charge in [-0.3, -0.25) is 14.4 Å². The molecule has 0 radical (unpaired) electrons. The zero-order valence-corrected chi connectivity index (χ0v) is 24.0. The molecule has 1 aliphatic heterocycles. The highest BCUT2D eigenvalue weighted by Crippen LogP contribution is 2.29. The van der Waals surface area contributed by atoms with Crippen molar-refractivity contribution >= 4 is 41.1 Å². The Morgan fingerprint density at radius 2 is 1.55 bits per heavy atom. The second kappa shape index (κ2) is 14.8. The molecule has 0 atom stereocenters. The summed E-state index contributed by atoms with van der Waals surface area (Å²) in [7, 11) is 0. The SMILES string of the molecule is NC(=O)c1cccc(SNC(=O)N(CCC(c2ccccc2)c2ccccc2)CCN2CCOCC2)c1C(N)=S. The lowest BCUT2D eigenvalue weighted by molar-refractivity contribution is 0.0349. The summed E-state index contributed by atoms with van der Waals surface area (Å²) >= 11 is 6.26. The van der Waals surface area contributed by atoms with Crippen LogP contribution >= 0.6 is 24.2 Å². The minimum Gasteiger partial charge on any atom is -0.389 e. The maximum absolute atomic E-state index is 13.6. The monoisotopic (exact) mass is 577 g/mol. The van der Waals surface area contributed by atoms with E-state index in [0.717, 1.165) is 38.0 Å². The molecular formula is C30H35N5O3S2. The van der Waals surface area contributed by atoms with E-state index < -0.39 is 5.91 Å². The maximum Gasteiger partial charge on any atom is 0.327 e. The predicted octanol–water partition coefficient (Wildman–Crippen LogP) is 3.99. The number of morpholine rings is 1. The summed E-state index contributed by atoms with van der Waals surface area (Å²) in [6.07, 6.45) is 0.754. The lowest BCUT2D eigenvalue weighted by atomic mass is 9.88. The Bertz CT molecular complexity index is 1250. The van der Waals surface area contributed by atoms with Gasteiger partial charge in [0.1, 0.15) is 4.99 Å². The molecule has 0 bridgehead atoms. The number of amides is 3. The molecule has 40 heavy (non-hydrogen) atoms. The van der Waals surface area contributed by atoms with E-state index in [4.69, 9.17) is 28.4 Å². The Balaban J connectivity index is 1.51. The lowest BCUT2D eigenvalue weighted by Gasteiger charge is -2.31. The molecule has 0 aliphatic carbocycles. The molecule has 4 rings (SSSR count). The highest BCUT2D eigenvalue weighted by molar-refractivity contribution is 7.98. The molecule has 1 fully saturated rings. The first kappa shape index (κ1) is 29.5. The zero-order chi connectivity index (χ0) is 28.3. The number of thiocarbonyl (C=S) groups is 1. The Morgan fingerprint density at radius 1 is 0.925 bits per heavy atom. The van der Waals surface area contributed by atoms with Crippen LogP contribution in [0.15, 0.2) is 83.8 Å². The Hall–Kier alpha value is -3.44. The van der Waals surface area contributed by atoms with E-state index >= 15 is 0 Å². The van der Waals surface area contributed by atoms with Crippen LogP contribution in [0, 0.1) is 0 Å². The van der Waals surface area contributed by atoms with E-state index in [1.807, 2.05) is 41.3 Å². The van der Waals surface area contributed by atoms with Crippen molar-refractivity contribution in [2.75, 3.05) is 45.9 Å². The molecule has 8 nitrogen and oxygen atoms in total. The summed E-state index contributed by atoms with van der Waals surface area (Å²) in [5.74, 6) is -0.487. The van der Waals surface area contributed by atoms with Crippen molar-refractivity contribution in [2.45, 2.75) is 17.2 Å². The van der Waals surface area contributed by atoms with Crippen molar-refractivity contribution in [1.82, 2.24) is 14.5 Å². The third-order valence-electron chi connectivity index (χ3n) is 6.96. The molecule has 1 saturated heterocycles. The Labute approximate surface area is 245 Å². The Morgan fingerprint density at radius 3 is 2.12 bits per heavy atom. The number of carbonyl (C=O) groups excluding carboxylic acids is 2. The van der Waals surface area contributed by atoms with Gasteiger partial charge in [-0.1, -0.05) is 78.9 Å². The number of hydrogen-bond donors (Lipinski definition) is 3. The van der Waals surface area contributed by atoms with E-state index in [0.29, 0.717) is 36.8 Å². The predicted molar refractivity (Wildman–Crippen MR) is 163 cm³/mol. The molecule has 10 heteroatoms. The van der Waals surface area contributed by atoms with Gasteiger partial charge in [0.2, 0.25) is 5.91 Å². The summed E-state index contributed by atoms with van der Waals surface area (Å²) in [4.78, 5) is 30.3. The first-order valence-corrected chi connectivity index (χ1v) is 14.5. The first-order chi connectivity index (χ1) is 19.4. The van der Waals surface area contributed by atoms with Crippen molar-refractivity contribution in [3.05, 3.63) is 101 Å². The molecule has 3 amide bonds. The number of carbonyl (C=O) groups is 2. The van der Waals surface area contributed by atoms with Crippen molar-refractivity contribution < 1.29 is 14.3 Å². The van der Waals surface area contributed by atoms with E-state index in [2.05, 4.69) is 33.9 Å². The van der Waals surface area contributed by atoms with Gasteiger partial charge in [-0.05, 0) is 41.6 Å². The van der Waals surface area contributed by atoms with Crippen LogP contribution in [0.4, 0.5) is 4.79 Å². The van der Waals surface area contributed by atoms with Crippen molar-refractivity contribution in [3.63, 3.8) is 0 Å². The molecule has 0 spiro atoms. The fraction of sp³-hybridized carbons (Fsp3) is 0.300. The van der Waals surface area contributed by atoms with Gasteiger partial charge in [0.05, 0.1) is 18.8 Å². The molecule has 210 valence electrons. The van der Waals surface area contributed by atoms with Gasteiger partial charge in [0.25, 0.3) is 0 Å². The van der Waals surface area contributed by atoms with Crippen molar-refractivity contribution in [3.8, 4) is 0 Å². The quantitative estimate of drug-likeness (QED) is 0.220. The molecule has 1 aliphatic rings. The summed E-state index contributed by atoms with van der Waals surface area (Å²) in [5, 5.41) is 0. The average molecular weight is 578 g/mol. The maximum atomic E-state index is 13.6. The van der Waals surface area contributed by atoms with Crippen molar-refractivity contribution in [2.24, 2.45) is 11.5 Å². The fourth-order valence-corrected chi connectivity index (χ4v) is 5.90. The highest BCUT2D eigenvalue weighted by atomic mass is 32.2. The second-order valence-corrected chi connectivity index (χ2v) is 10.8. The van der Waals surface area contributed by atoms with Crippen LogP contribution in [-0.2, 0) is 4.74 Å². The number of ether oxygens (including phenoxy) is 1. The highest BCUT2D eigenvalue weighted by Gasteiger charge is 2.22. The van der Waals surface area contributed by atoms with Crippen LogP contribution in [0.2, 0.25) is 0 Å². The van der Waals surface area contributed by atoms with Gasteiger partial charge in [-0.25, -0.2) is 4.79 Å². The molecular weight excluding hydrogens is 542 g/mol. The van der Waals surface area contributed by atoms with E-state index in [1.165, 1.54) is 11.1 Å². The van der Waals surface area contributed by atoms with Crippen LogP contribution in [-0.4, -0.2) is 72.7 Å². The van der Waals surface area contributed by atoms with Crippen LogP contribution in [0.1, 0.15) is 39.4 Å². The molecule has 1 heterocycles. The standard InChI is InChI=1S/C30H35N5O3S2/c31-28(36)25-12-7-13-26(27(25)29(32)39)40-33-30(37)35(17-16-34-18-20-38-21-19-34)15-14-24(22-8-3-1-4-9-22)23-10-5-2-6-11-23/h1-13,24H,14-21H2,(H2,31,36)(H2,32,39)(H,33,37). The third-order valence-corrected chi connectivity index (χ3v) is 8.00. The van der Waals surface area contributed by atoms with Gasteiger partial charge in [0.15, 0.2) is 0 Å². The number of rotatable bonds is 12. The minimum absolute atomic E-state index is 0.0453. The number of nitrogens with two attached hydrogens (primary N) is 2. The number of urea groups is 1. The number of benzene rings is 3. The van der Waals surface area contributed by atoms with Gasteiger partial charge in [-0.15, -0.1) is 0 Å². The van der Waals surface area contributed by atoms with Gasteiger partial charge in [-0.2, -0.15) is 0 Å². The number of primary amides is 1. The summed E-state index contributed by atoms with van der Waals surface area (Å²) in [5.41, 5.74) is 14.4. The summed E-state index contributed by atoms with van der Waals surface area (Å²) < 4.78 is 8.43. The molecule has 5 N–H and O–H groups in total. The molecule has 0 aromatic heterocycles. The summed E-state index contributed by atoms with van der Waals surface area (Å²) in [6.45, 7) is 4.95. The number of hydrogen-bond acceptors (Lipinski definition) is 6. The van der Waals surface area contributed by atoms with Crippen LogP contribution in [0.3, 0.4) is 0 Å². The second-order valence-electron chi connectivity index (χ2n) is 9.52. The van der Waals surface area contributed by atoms with E-state index in [9.17, 15) is 9.59 Å². The van der Waals surface area contributed by atoms with Crippen LogP contribution in [0.25, 0.3) is 0 Å². The summed E-state index contributed by atoms with van der Waals surface area (Å²) in [6, 6.07) is 25.5. The third kappa shape index (κ3) is 8.04. The Kier molecular flexibility index (Phi) is 10.9. The van der Waals surface area contributed by atoms with Crippen molar-refractivity contribution in [1.29, 1.82) is 0 Å². The molecule has 0 saturated carbocycles. The van der Waals surface area contributed by atoms with E-state index in [1.54, 1.807) is 18.2 Å². The zero-order valence-electron chi connectivity index (χ0n) is 22.3. The number of nitrogens with one attached hydrogen (secondary N) is 1. The molecule has 3 aromatic rings. The van der Waals surface area contributed by atoms with Gasteiger partial charge < -0.3 is 21.1 Å². The minimum atomic E-state index is -0.628. The van der Waals surface area contributed by atoms with Gasteiger partial charge in [0, 0.05) is 49.1 Å². The van der Waals surface area contributed by atoms with Gasteiger partial charge >= 0.3 is 6.03 Å². The fourth-order valence-electron chi connectivity index (χ4n) is 4.82. The largest absolute Gasteiger partial charge is 0.389 e. The smallest absolute Gasteiger partial charge is 0.327 e. The average Bonchev–Trinajstić information content (AvgIpc) is 2.98. The van der Waals surface area contributed by atoms with Crippen LogP contribution in [0.5, 0.6) is 0 Å². The number of nitrogens with zero attached hydrogens (tertiary/aromatic N) is 2. The molecule has 3 aromatic carbocycles. The van der Waals surface area contributed by atoms with E-state index in [-0.39, 0.29) is 22.5 Å².